The van der Waals surface area contributed by atoms with Crippen LogP contribution >= 0.6 is 11.6 Å². The molecule has 1 saturated heterocycles. The summed E-state index contributed by atoms with van der Waals surface area (Å²) in [6.45, 7) is 5.73. The Bertz CT molecular complexity index is 1110. The molecule has 1 unspecified atom stereocenters. The summed E-state index contributed by atoms with van der Waals surface area (Å²) >= 11 is 6.04. The number of β-amino-alcohol motifs (C(OH)–C–C–N with tert-alkyl or cyclic N) is 1. The Balaban J connectivity index is 1.38. The zero-order valence-electron chi connectivity index (χ0n) is 20.2. The fourth-order valence-electron chi connectivity index (χ4n) is 4.08. The lowest BCUT2D eigenvalue weighted by Crippen LogP contribution is -2.48. The third kappa shape index (κ3) is 7.11. The summed E-state index contributed by atoms with van der Waals surface area (Å²) in [7, 11) is 1.63. The number of ether oxygens (including phenoxy) is 4. The van der Waals surface area contributed by atoms with Crippen molar-refractivity contribution in [3.05, 3.63) is 71.3 Å². The second-order valence-electron chi connectivity index (χ2n) is 8.74. The highest BCUT2D eigenvalue weighted by atomic mass is 35.5. The Labute approximate surface area is 211 Å². The highest BCUT2D eigenvalue weighted by Crippen LogP contribution is 2.29. The van der Waals surface area contributed by atoms with Crippen molar-refractivity contribution in [3.8, 4) is 17.2 Å². The maximum absolute atomic E-state index is 11.2. The molecule has 8 nitrogen and oxygen atoms in total. The molecule has 4 rings (SSSR count). The van der Waals surface area contributed by atoms with Crippen LogP contribution in [0.1, 0.15) is 11.4 Å². The summed E-state index contributed by atoms with van der Waals surface area (Å²) in [5, 5.41) is 11.8. The molecule has 1 aliphatic rings. The van der Waals surface area contributed by atoms with Crippen molar-refractivity contribution < 1.29 is 24.1 Å². The van der Waals surface area contributed by atoms with Crippen molar-refractivity contribution in [2.75, 3.05) is 46.6 Å². The largest absolute Gasteiger partial charge is 0.493 e. The summed E-state index contributed by atoms with van der Waals surface area (Å²) in [4.78, 5) is 6.40. The first-order valence-electron chi connectivity index (χ1n) is 11.6. The average molecular weight is 502 g/mol. The first kappa shape index (κ1) is 25.3. The minimum absolute atomic E-state index is 0.106. The molecule has 0 bridgehead atoms. The molecule has 1 aromatic heterocycles. The van der Waals surface area contributed by atoms with Gasteiger partial charge in [-0.25, -0.2) is 4.98 Å². The number of benzene rings is 2. The van der Waals surface area contributed by atoms with Crippen LogP contribution in [-0.2, 0) is 17.8 Å². The van der Waals surface area contributed by atoms with Crippen LogP contribution < -0.4 is 14.2 Å². The number of hydrogen-bond acceptors (Lipinski definition) is 7. The van der Waals surface area contributed by atoms with E-state index < -0.39 is 5.60 Å². The predicted molar refractivity (Wildman–Crippen MR) is 133 cm³/mol. The van der Waals surface area contributed by atoms with Gasteiger partial charge >= 0.3 is 0 Å². The number of aliphatic hydroxyl groups is 1. The van der Waals surface area contributed by atoms with Gasteiger partial charge < -0.3 is 28.6 Å². The molecule has 0 aliphatic carbocycles. The Hall–Kier alpha value is -2.78. The number of aryl methyl sites for hydroxylation is 1. The van der Waals surface area contributed by atoms with Gasteiger partial charge in [-0.3, -0.25) is 4.90 Å². The molecule has 2 aromatic carbocycles. The molecule has 188 valence electrons. The Morgan fingerprint density at radius 2 is 2.06 bits per heavy atom. The molecule has 1 fully saturated rings. The van der Waals surface area contributed by atoms with Gasteiger partial charge in [0.15, 0.2) is 11.5 Å². The van der Waals surface area contributed by atoms with Crippen LogP contribution in [0.4, 0.5) is 0 Å². The molecule has 1 atom stereocenters. The summed E-state index contributed by atoms with van der Waals surface area (Å²) < 4.78 is 25.1. The molecule has 9 heteroatoms. The van der Waals surface area contributed by atoms with Gasteiger partial charge in [0.1, 0.15) is 30.4 Å². The van der Waals surface area contributed by atoms with Crippen molar-refractivity contribution >= 4 is 11.6 Å². The van der Waals surface area contributed by atoms with Crippen molar-refractivity contribution in [1.82, 2.24) is 14.5 Å². The fourth-order valence-corrected chi connectivity index (χ4v) is 4.26. The van der Waals surface area contributed by atoms with Crippen molar-refractivity contribution in [2.45, 2.75) is 25.6 Å². The van der Waals surface area contributed by atoms with E-state index in [1.54, 1.807) is 25.4 Å². The van der Waals surface area contributed by atoms with E-state index >= 15 is 0 Å². The third-order valence-electron chi connectivity index (χ3n) is 5.89. The minimum Gasteiger partial charge on any atom is -0.493 e. The minimum atomic E-state index is -1.15. The number of halogens is 1. The highest BCUT2D eigenvalue weighted by Gasteiger charge is 2.33. The van der Waals surface area contributed by atoms with Gasteiger partial charge in [-0.15, -0.1) is 0 Å². The van der Waals surface area contributed by atoms with Gasteiger partial charge in [-0.05, 0) is 42.8 Å². The van der Waals surface area contributed by atoms with Crippen molar-refractivity contribution in [2.24, 2.45) is 0 Å². The van der Waals surface area contributed by atoms with E-state index in [4.69, 9.17) is 30.5 Å². The van der Waals surface area contributed by atoms with E-state index in [1.165, 1.54) is 0 Å². The van der Waals surface area contributed by atoms with Crippen molar-refractivity contribution in [1.29, 1.82) is 0 Å². The molecule has 3 aromatic rings. The van der Waals surface area contributed by atoms with Crippen LogP contribution in [0, 0.1) is 6.92 Å². The molecule has 0 saturated carbocycles. The molecule has 0 amide bonds. The Morgan fingerprint density at radius 3 is 2.83 bits per heavy atom. The van der Waals surface area contributed by atoms with Gasteiger partial charge in [0.2, 0.25) is 0 Å². The van der Waals surface area contributed by atoms with E-state index in [0.29, 0.717) is 61.7 Å². The molecule has 2 heterocycles. The smallest absolute Gasteiger partial charge is 0.161 e. The van der Waals surface area contributed by atoms with E-state index in [1.807, 2.05) is 48.0 Å². The molecular formula is C26H32ClN3O5. The maximum atomic E-state index is 11.2. The van der Waals surface area contributed by atoms with Crippen LogP contribution in [0.3, 0.4) is 0 Å². The second kappa shape index (κ2) is 11.8. The first-order chi connectivity index (χ1) is 16.9. The quantitative estimate of drug-likeness (QED) is 0.455. The topological polar surface area (TPSA) is 78.2 Å². The lowest BCUT2D eigenvalue weighted by molar-refractivity contribution is -0.0646. The number of nitrogens with zero attached hydrogens (tertiary/aromatic N) is 3. The summed E-state index contributed by atoms with van der Waals surface area (Å²) in [6.07, 6.45) is 3.72. The number of rotatable bonds is 10. The van der Waals surface area contributed by atoms with Crippen LogP contribution in [0.2, 0.25) is 5.02 Å². The zero-order valence-corrected chi connectivity index (χ0v) is 20.9. The standard InChI is InChI=1S/C26H32ClN3O5/c1-20-28-8-9-30(20)11-13-34-25-14-21(6-7-24(25)32-2)16-29-10-12-33-18-26(31,17-29)19-35-23-5-3-4-22(27)15-23/h3-9,14-15,31H,10-13,16-19H2,1-2H3. The van der Waals surface area contributed by atoms with Crippen LogP contribution in [0.15, 0.2) is 54.9 Å². The lowest BCUT2D eigenvalue weighted by Gasteiger charge is -2.30. The monoisotopic (exact) mass is 501 g/mol. The van der Waals surface area contributed by atoms with Crippen LogP contribution in [-0.4, -0.2) is 71.8 Å². The Kier molecular flexibility index (Phi) is 8.51. The molecule has 0 spiro atoms. The van der Waals surface area contributed by atoms with Gasteiger partial charge in [0.25, 0.3) is 0 Å². The lowest BCUT2D eigenvalue weighted by atomic mass is 10.1. The molecule has 35 heavy (non-hydrogen) atoms. The van der Waals surface area contributed by atoms with Crippen LogP contribution in [0.25, 0.3) is 0 Å². The predicted octanol–water partition coefficient (Wildman–Crippen LogP) is 3.57. The summed E-state index contributed by atoms with van der Waals surface area (Å²) in [6, 6.07) is 13.1. The number of imidazole rings is 1. The average Bonchev–Trinajstić information content (AvgIpc) is 3.15. The fraction of sp³-hybridized carbons (Fsp3) is 0.423. The van der Waals surface area contributed by atoms with Gasteiger partial charge in [0.05, 0.1) is 26.9 Å². The van der Waals surface area contributed by atoms with E-state index in [9.17, 15) is 5.11 Å². The Morgan fingerprint density at radius 1 is 1.17 bits per heavy atom. The van der Waals surface area contributed by atoms with E-state index in [2.05, 4.69) is 9.88 Å². The summed E-state index contributed by atoms with van der Waals surface area (Å²) in [5.74, 6) is 2.93. The van der Waals surface area contributed by atoms with Crippen LogP contribution in [0.5, 0.6) is 17.2 Å². The summed E-state index contributed by atoms with van der Waals surface area (Å²) in [5.41, 5.74) is -0.0904. The molecule has 0 radical (unpaired) electrons. The molecular weight excluding hydrogens is 470 g/mol. The molecule has 1 aliphatic heterocycles. The highest BCUT2D eigenvalue weighted by molar-refractivity contribution is 6.30. The third-order valence-corrected chi connectivity index (χ3v) is 6.13. The van der Waals surface area contributed by atoms with E-state index in [-0.39, 0.29) is 13.2 Å². The van der Waals surface area contributed by atoms with Gasteiger partial charge in [-0.1, -0.05) is 23.7 Å². The molecule has 1 N–H and O–H groups in total. The maximum Gasteiger partial charge on any atom is 0.161 e. The zero-order chi connectivity index (χ0) is 24.7. The second-order valence-corrected chi connectivity index (χ2v) is 9.17. The normalized spacial score (nSPS) is 18.7. The number of hydrogen-bond donors (Lipinski definition) is 1. The van der Waals surface area contributed by atoms with Gasteiger partial charge in [0, 0.05) is 37.1 Å². The number of methoxy groups -OCH3 is 1. The van der Waals surface area contributed by atoms with Gasteiger partial charge in [-0.2, -0.15) is 0 Å². The van der Waals surface area contributed by atoms with Crippen molar-refractivity contribution in [3.63, 3.8) is 0 Å². The van der Waals surface area contributed by atoms with E-state index in [0.717, 1.165) is 11.4 Å². The first-order valence-corrected chi connectivity index (χ1v) is 12.0. The SMILES string of the molecule is COc1ccc(CN2CCOCC(O)(COc3cccc(Cl)c3)C2)cc1OCCn1ccnc1C. The number of aromatic nitrogens is 2.